The maximum atomic E-state index is 13.4. The van der Waals surface area contributed by atoms with Crippen LogP contribution in [0.3, 0.4) is 0 Å². The molecule has 8 heteroatoms. The van der Waals surface area contributed by atoms with Gasteiger partial charge in [0.25, 0.3) is 5.91 Å². The summed E-state index contributed by atoms with van der Waals surface area (Å²) >= 11 is 0. The van der Waals surface area contributed by atoms with Crippen molar-refractivity contribution in [2.75, 3.05) is 26.2 Å². The molecule has 0 aliphatic carbocycles. The highest BCUT2D eigenvalue weighted by Crippen LogP contribution is 2.13. The second-order valence-electron chi connectivity index (χ2n) is 7.10. The maximum absolute atomic E-state index is 13.4. The predicted octanol–water partition coefficient (Wildman–Crippen LogP) is 1.46. The number of fused-ring (bicyclic) bond motifs is 1. The van der Waals surface area contributed by atoms with Gasteiger partial charge >= 0.3 is 5.69 Å². The fourth-order valence-corrected chi connectivity index (χ4v) is 3.71. The third-order valence-electron chi connectivity index (χ3n) is 5.34. The van der Waals surface area contributed by atoms with Gasteiger partial charge in [-0.15, -0.1) is 0 Å². The molecule has 4 rings (SSSR count). The lowest BCUT2D eigenvalue weighted by Gasteiger charge is -2.34. The number of halogens is 1. The highest BCUT2D eigenvalue weighted by Gasteiger charge is 2.26. The molecule has 3 aromatic rings. The van der Waals surface area contributed by atoms with Crippen molar-refractivity contribution in [2.45, 2.75) is 6.54 Å². The molecule has 0 unspecified atom stereocenters. The van der Waals surface area contributed by atoms with Crippen molar-refractivity contribution in [3.8, 4) is 0 Å². The summed E-state index contributed by atoms with van der Waals surface area (Å²) in [6, 6.07) is 12.9. The molecule has 0 radical (unpaired) electrons. The van der Waals surface area contributed by atoms with E-state index in [2.05, 4.69) is 0 Å². The standard InChI is InChI=1S/C21H21FN4O3/c1-23-17-7-2-3-8-18(17)26(21(23)29)14-19(27)24-9-11-25(12-10-24)20(28)15-5-4-6-16(22)13-15/h2-8,13H,9-12,14H2,1H3. The summed E-state index contributed by atoms with van der Waals surface area (Å²) in [5.41, 5.74) is 1.55. The van der Waals surface area contributed by atoms with E-state index in [1.807, 2.05) is 24.3 Å². The molecule has 1 saturated heterocycles. The van der Waals surface area contributed by atoms with E-state index < -0.39 is 5.82 Å². The molecule has 1 fully saturated rings. The summed E-state index contributed by atoms with van der Waals surface area (Å²) in [5.74, 6) is -0.867. The first-order chi connectivity index (χ1) is 14.0. The molecule has 7 nitrogen and oxygen atoms in total. The molecule has 0 saturated carbocycles. The Hall–Kier alpha value is -3.42. The number of imidazole rings is 1. The van der Waals surface area contributed by atoms with E-state index in [0.29, 0.717) is 37.3 Å². The number of hydrogen-bond acceptors (Lipinski definition) is 3. The van der Waals surface area contributed by atoms with Crippen LogP contribution >= 0.6 is 0 Å². The van der Waals surface area contributed by atoms with E-state index in [1.54, 1.807) is 22.9 Å². The zero-order valence-corrected chi connectivity index (χ0v) is 16.0. The van der Waals surface area contributed by atoms with Crippen LogP contribution in [-0.4, -0.2) is 56.9 Å². The number of piperazine rings is 1. The Kier molecular flexibility index (Phi) is 4.92. The van der Waals surface area contributed by atoms with Gasteiger partial charge in [-0.25, -0.2) is 9.18 Å². The topological polar surface area (TPSA) is 67.6 Å². The fraction of sp³-hybridized carbons (Fsp3) is 0.286. The van der Waals surface area contributed by atoms with Crippen LogP contribution in [0.2, 0.25) is 0 Å². The number of carbonyl (C=O) groups excluding carboxylic acids is 2. The van der Waals surface area contributed by atoms with E-state index >= 15 is 0 Å². The van der Waals surface area contributed by atoms with Gasteiger partial charge in [-0.1, -0.05) is 18.2 Å². The number of nitrogens with zero attached hydrogens (tertiary/aromatic N) is 4. The number of hydrogen-bond donors (Lipinski definition) is 0. The minimum absolute atomic E-state index is 0.0436. The van der Waals surface area contributed by atoms with Crippen LogP contribution in [0.1, 0.15) is 10.4 Å². The van der Waals surface area contributed by atoms with Crippen LogP contribution in [0.15, 0.2) is 53.3 Å². The van der Waals surface area contributed by atoms with Crippen LogP contribution in [-0.2, 0) is 18.4 Å². The largest absolute Gasteiger partial charge is 0.338 e. The second kappa shape index (κ2) is 7.54. The van der Waals surface area contributed by atoms with E-state index in [9.17, 15) is 18.8 Å². The lowest BCUT2D eigenvalue weighted by atomic mass is 10.1. The highest BCUT2D eigenvalue weighted by atomic mass is 19.1. The second-order valence-corrected chi connectivity index (χ2v) is 7.10. The average Bonchev–Trinajstić information content (AvgIpc) is 2.98. The number of amides is 2. The van der Waals surface area contributed by atoms with Crippen molar-refractivity contribution in [1.82, 2.24) is 18.9 Å². The van der Waals surface area contributed by atoms with Crippen molar-refractivity contribution in [2.24, 2.45) is 7.05 Å². The predicted molar refractivity (Wildman–Crippen MR) is 106 cm³/mol. The van der Waals surface area contributed by atoms with Crippen molar-refractivity contribution in [3.05, 3.63) is 70.4 Å². The van der Waals surface area contributed by atoms with Gasteiger partial charge in [0.1, 0.15) is 12.4 Å². The van der Waals surface area contributed by atoms with Crippen molar-refractivity contribution < 1.29 is 14.0 Å². The summed E-state index contributed by atoms with van der Waals surface area (Å²) in [6.07, 6.45) is 0. The fourth-order valence-electron chi connectivity index (χ4n) is 3.71. The first kappa shape index (κ1) is 18.9. The monoisotopic (exact) mass is 396 g/mol. The van der Waals surface area contributed by atoms with Gasteiger partial charge < -0.3 is 9.80 Å². The van der Waals surface area contributed by atoms with Gasteiger partial charge in [0, 0.05) is 38.8 Å². The molecular formula is C21H21FN4O3. The molecule has 2 amide bonds. The lowest BCUT2D eigenvalue weighted by molar-refractivity contribution is -0.133. The lowest BCUT2D eigenvalue weighted by Crippen LogP contribution is -2.51. The average molecular weight is 396 g/mol. The number of carbonyl (C=O) groups is 2. The third kappa shape index (κ3) is 3.53. The van der Waals surface area contributed by atoms with Crippen LogP contribution in [0.5, 0.6) is 0 Å². The Morgan fingerprint density at radius 1 is 0.931 bits per heavy atom. The molecule has 1 aromatic heterocycles. The van der Waals surface area contributed by atoms with Crippen LogP contribution < -0.4 is 5.69 Å². The number of rotatable bonds is 3. The van der Waals surface area contributed by atoms with E-state index in [1.165, 1.54) is 27.3 Å². The van der Waals surface area contributed by atoms with Crippen molar-refractivity contribution in [3.63, 3.8) is 0 Å². The third-order valence-corrected chi connectivity index (χ3v) is 5.34. The molecule has 2 heterocycles. The van der Waals surface area contributed by atoms with Crippen molar-refractivity contribution >= 4 is 22.8 Å². The number of para-hydroxylation sites is 2. The van der Waals surface area contributed by atoms with E-state index in [-0.39, 0.29) is 24.0 Å². The Bertz CT molecular complexity index is 1140. The Morgan fingerprint density at radius 3 is 2.28 bits per heavy atom. The molecular weight excluding hydrogens is 375 g/mol. The SMILES string of the molecule is Cn1c(=O)n(CC(=O)N2CCN(C(=O)c3cccc(F)c3)CC2)c2ccccc21. The highest BCUT2D eigenvalue weighted by molar-refractivity contribution is 5.94. The maximum Gasteiger partial charge on any atom is 0.329 e. The Balaban J connectivity index is 1.43. The summed E-state index contributed by atoms with van der Waals surface area (Å²) < 4.78 is 16.4. The first-order valence-corrected chi connectivity index (χ1v) is 9.42. The summed E-state index contributed by atoms with van der Waals surface area (Å²) in [7, 11) is 1.68. The number of aryl methyl sites for hydroxylation is 1. The molecule has 29 heavy (non-hydrogen) atoms. The van der Waals surface area contributed by atoms with Gasteiger partial charge in [0.15, 0.2) is 0 Å². The van der Waals surface area contributed by atoms with Crippen LogP contribution in [0.25, 0.3) is 11.0 Å². The number of benzene rings is 2. The van der Waals surface area contributed by atoms with E-state index in [0.717, 1.165) is 5.52 Å². The smallest absolute Gasteiger partial charge is 0.329 e. The summed E-state index contributed by atoms with van der Waals surface area (Å²) in [5, 5.41) is 0. The van der Waals surface area contributed by atoms with Crippen LogP contribution in [0, 0.1) is 5.82 Å². The van der Waals surface area contributed by atoms with Gasteiger partial charge in [-0.05, 0) is 30.3 Å². The molecule has 0 atom stereocenters. The Morgan fingerprint density at radius 2 is 1.59 bits per heavy atom. The summed E-state index contributed by atoms with van der Waals surface area (Å²) in [6.45, 7) is 1.44. The van der Waals surface area contributed by atoms with E-state index in [4.69, 9.17) is 0 Å². The summed E-state index contributed by atoms with van der Waals surface area (Å²) in [4.78, 5) is 41.1. The molecule has 0 spiro atoms. The van der Waals surface area contributed by atoms with Gasteiger partial charge in [0.2, 0.25) is 5.91 Å². The minimum atomic E-state index is -0.454. The quantitative estimate of drug-likeness (QED) is 0.673. The van der Waals surface area contributed by atoms with Crippen molar-refractivity contribution in [1.29, 1.82) is 0 Å². The molecule has 1 aliphatic rings. The molecule has 2 aromatic carbocycles. The molecule has 0 bridgehead atoms. The Labute approximate surface area is 166 Å². The normalized spacial score (nSPS) is 14.4. The zero-order valence-electron chi connectivity index (χ0n) is 16.0. The number of aromatic nitrogens is 2. The van der Waals surface area contributed by atoms with Gasteiger partial charge in [-0.2, -0.15) is 0 Å². The van der Waals surface area contributed by atoms with Gasteiger partial charge in [-0.3, -0.25) is 18.7 Å². The molecule has 1 aliphatic heterocycles. The van der Waals surface area contributed by atoms with Gasteiger partial charge in [0.05, 0.1) is 11.0 Å². The molecule has 150 valence electrons. The first-order valence-electron chi connectivity index (χ1n) is 9.42. The molecule has 0 N–H and O–H groups in total. The zero-order chi connectivity index (χ0) is 20.5. The minimum Gasteiger partial charge on any atom is -0.338 e. The van der Waals surface area contributed by atoms with Crippen LogP contribution in [0.4, 0.5) is 4.39 Å².